The second-order valence-corrected chi connectivity index (χ2v) is 6.06. The van der Waals surface area contributed by atoms with Gasteiger partial charge in [0.2, 0.25) is 4.38 Å². The molecule has 0 amide bonds. The van der Waals surface area contributed by atoms with Gasteiger partial charge in [0, 0.05) is 6.42 Å². The molecule has 114 valence electrons. The molecule has 0 aromatic rings. The van der Waals surface area contributed by atoms with Crippen LogP contribution in [0.1, 0.15) is 13.3 Å². The van der Waals surface area contributed by atoms with Crippen LogP contribution < -0.4 is 0 Å². The molecule has 1 heterocycles. The van der Waals surface area contributed by atoms with Crippen LogP contribution in [0.5, 0.6) is 0 Å². The van der Waals surface area contributed by atoms with Crippen molar-refractivity contribution >= 4 is 47.4 Å². The lowest BCUT2D eigenvalue weighted by atomic mass is 9.81. The number of likely N-dealkylation sites (N-methyl/N-ethyl adjacent to an activating group) is 1. The number of hydrogen-bond acceptors (Lipinski definition) is 9. The highest BCUT2D eigenvalue weighted by atomic mass is 32.2. The summed E-state index contributed by atoms with van der Waals surface area (Å²) in [5.74, 6) is -1.05. The molecule has 1 unspecified atom stereocenters. The van der Waals surface area contributed by atoms with Crippen molar-refractivity contribution < 1.29 is 23.6 Å². The van der Waals surface area contributed by atoms with Crippen LogP contribution in [0.4, 0.5) is 0 Å². The van der Waals surface area contributed by atoms with E-state index in [1.807, 2.05) is 6.07 Å². The topological polar surface area (TPSA) is 88.9 Å². The minimum absolute atomic E-state index is 0.00104. The summed E-state index contributed by atoms with van der Waals surface area (Å²) in [5, 5.41) is 8.25. The van der Waals surface area contributed by atoms with Gasteiger partial charge in [-0.1, -0.05) is 11.8 Å². The van der Waals surface area contributed by atoms with E-state index in [4.69, 9.17) is 31.5 Å². The Balaban J connectivity index is 2.78. The van der Waals surface area contributed by atoms with Crippen LogP contribution >= 0.6 is 24.0 Å². The van der Waals surface area contributed by atoms with Crippen LogP contribution in [0.15, 0.2) is 0 Å². The van der Waals surface area contributed by atoms with Gasteiger partial charge in [0.05, 0.1) is 30.9 Å². The van der Waals surface area contributed by atoms with Gasteiger partial charge >= 0.3 is 19.1 Å². The Morgan fingerprint density at radius 3 is 2.57 bits per heavy atom. The number of hydrogen-bond donors (Lipinski definition) is 0. The molecule has 21 heavy (non-hydrogen) atoms. The summed E-state index contributed by atoms with van der Waals surface area (Å²) in [6.45, 7) is 2.12. The predicted molar refractivity (Wildman–Crippen MR) is 81.3 cm³/mol. The van der Waals surface area contributed by atoms with E-state index in [1.165, 1.54) is 4.90 Å². The number of carbonyl (C=O) groups excluding carboxylic acids is 2. The zero-order valence-corrected chi connectivity index (χ0v) is 13.4. The van der Waals surface area contributed by atoms with E-state index in [-0.39, 0.29) is 23.9 Å². The van der Waals surface area contributed by atoms with Crippen LogP contribution in [-0.4, -0.2) is 60.2 Å². The van der Waals surface area contributed by atoms with E-state index in [0.29, 0.717) is 6.61 Å². The first-order chi connectivity index (χ1) is 9.96. The van der Waals surface area contributed by atoms with Crippen molar-refractivity contribution in [2.45, 2.75) is 18.5 Å². The maximum atomic E-state index is 11.7. The third-order valence-electron chi connectivity index (χ3n) is 2.40. The zero-order valence-electron chi connectivity index (χ0n) is 11.7. The van der Waals surface area contributed by atoms with Crippen molar-refractivity contribution in [1.29, 1.82) is 5.26 Å². The zero-order chi connectivity index (χ0) is 15.8. The first-order valence-electron chi connectivity index (χ1n) is 6.24. The largest absolute Gasteiger partial charge is 0.614 e. The number of thioether (sulfide) groups is 1. The van der Waals surface area contributed by atoms with E-state index in [9.17, 15) is 9.59 Å². The summed E-state index contributed by atoms with van der Waals surface area (Å²) >= 11 is 6.03. The van der Waals surface area contributed by atoms with E-state index >= 15 is 0 Å². The molecule has 0 radical (unpaired) electrons. The molecule has 1 aliphatic heterocycles. The molecular formula is C11H15BN2O5S2. The van der Waals surface area contributed by atoms with Gasteiger partial charge in [-0.25, -0.2) is 0 Å². The van der Waals surface area contributed by atoms with Crippen molar-refractivity contribution in [3.05, 3.63) is 0 Å². The summed E-state index contributed by atoms with van der Waals surface area (Å²) in [6, 6.07) is 1.96. The van der Waals surface area contributed by atoms with Crippen molar-refractivity contribution in [3.63, 3.8) is 0 Å². The molecule has 1 atom stereocenters. The molecule has 0 aromatic heterocycles. The number of nitriles is 1. The highest BCUT2D eigenvalue weighted by Crippen LogP contribution is 2.22. The molecular weight excluding hydrogens is 315 g/mol. The Morgan fingerprint density at radius 1 is 1.52 bits per heavy atom. The van der Waals surface area contributed by atoms with Gasteiger partial charge in [-0.05, 0) is 26.2 Å². The maximum absolute atomic E-state index is 11.7. The highest BCUT2D eigenvalue weighted by Gasteiger charge is 2.41. The first-order valence-corrected chi connectivity index (χ1v) is 7.53. The molecule has 1 saturated heterocycles. The smallest absolute Gasteiger partial charge is 0.497 e. The summed E-state index contributed by atoms with van der Waals surface area (Å²) in [5.41, 5.74) is 0. The summed E-state index contributed by atoms with van der Waals surface area (Å²) in [4.78, 5) is 24.8. The number of rotatable bonds is 4. The van der Waals surface area contributed by atoms with Gasteiger partial charge in [0.15, 0.2) is 0 Å². The Labute approximate surface area is 133 Å². The minimum Gasteiger partial charge on any atom is -0.497 e. The maximum Gasteiger partial charge on any atom is 0.614 e. The molecule has 0 bridgehead atoms. The van der Waals surface area contributed by atoms with Crippen LogP contribution in [0, 0.1) is 11.3 Å². The number of carbonyl (C=O) groups is 2. The minimum atomic E-state index is -1.15. The quantitative estimate of drug-likeness (QED) is 0.536. The number of nitrogens with zero attached hydrogens (tertiary/aromatic N) is 2. The second kappa shape index (κ2) is 8.87. The third-order valence-corrected chi connectivity index (χ3v) is 3.81. The lowest BCUT2D eigenvalue weighted by Crippen LogP contribution is -2.47. The molecule has 1 rings (SSSR count). The van der Waals surface area contributed by atoms with Crippen molar-refractivity contribution in [1.82, 2.24) is 4.90 Å². The molecule has 7 nitrogen and oxygen atoms in total. The lowest BCUT2D eigenvalue weighted by molar-refractivity contribution is -0.145. The van der Waals surface area contributed by atoms with Crippen molar-refractivity contribution in [2.75, 3.05) is 26.7 Å². The molecule has 1 fully saturated rings. The second-order valence-electron chi connectivity index (χ2n) is 4.22. The average Bonchev–Trinajstić information content (AvgIpc) is 2.35. The SMILES string of the molecule is CCOC(=S)SC(CC#N)B1OC(=O)CN(C)CC(=O)O1. The monoisotopic (exact) mass is 330 g/mol. The fraction of sp³-hybridized carbons (Fsp3) is 0.636. The number of ether oxygens (including phenoxy) is 1. The standard InChI is InChI=1S/C11H15BN2O5S2/c1-3-17-11(20)21-8(4-5-13)12-18-9(15)6-14(2)7-10(16)19-12/h8H,3-4,6-7H2,1-2H3. The lowest BCUT2D eigenvalue weighted by Gasteiger charge is -2.25. The molecule has 10 heteroatoms. The normalized spacial score (nSPS) is 17.9. The Kier molecular flexibility index (Phi) is 7.49. The van der Waals surface area contributed by atoms with Gasteiger partial charge in [0.25, 0.3) is 0 Å². The first kappa shape index (κ1) is 17.7. The molecule has 0 aromatic carbocycles. The molecule has 1 aliphatic rings. The van der Waals surface area contributed by atoms with Gasteiger partial charge in [-0.2, -0.15) is 5.26 Å². The van der Waals surface area contributed by atoms with E-state index in [2.05, 4.69) is 0 Å². The predicted octanol–water partition coefficient (Wildman–Crippen LogP) is 0.382. The number of thiocarbonyl (C=S) groups is 1. The van der Waals surface area contributed by atoms with Crippen LogP contribution in [0.2, 0.25) is 0 Å². The molecule has 0 saturated carbocycles. The van der Waals surface area contributed by atoms with E-state index < -0.39 is 24.2 Å². The highest BCUT2D eigenvalue weighted by molar-refractivity contribution is 8.23. The van der Waals surface area contributed by atoms with Gasteiger partial charge in [-0.3, -0.25) is 14.5 Å². The summed E-state index contributed by atoms with van der Waals surface area (Å²) in [6.07, 6.45) is -0.00104. The average molecular weight is 330 g/mol. The molecule has 0 N–H and O–H groups in total. The van der Waals surface area contributed by atoms with Crippen molar-refractivity contribution in [3.8, 4) is 6.07 Å². The molecule has 0 aliphatic carbocycles. The third kappa shape index (κ3) is 6.33. The van der Waals surface area contributed by atoms with Gasteiger partial charge in [0.1, 0.15) is 0 Å². The van der Waals surface area contributed by atoms with Gasteiger partial charge in [-0.15, -0.1) is 0 Å². The fourth-order valence-corrected chi connectivity index (χ4v) is 2.87. The van der Waals surface area contributed by atoms with E-state index in [0.717, 1.165) is 11.8 Å². The van der Waals surface area contributed by atoms with Gasteiger partial charge < -0.3 is 14.0 Å². The Morgan fingerprint density at radius 2 is 2.10 bits per heavy atom. The van der Waals surface area contributed by atoms with Crippen LogP contribution in [0.3, 0.4) is 0 Å². The fourth-order valence-electron chi connectivity index (χ4n) is 1.57. The van der Waals surface area contributed by atoms with Crippen molar-refractivity contribution in [2.24, 2.45) is 0 Å². The Bertz CT molecular complexity index is 436. The van der Waals surface area contributed by atoms with Crippen LogP contribution in [0.25, 0.3) is 0 Å². The summed E-state index contributed by atoms with van der Waals surface area (Å²) in [7, 11) is 0.455. The molecule has 0 spiro atoms. The van der Waals surface area contributed by atoms with Crippen LogP contribution in [-0.2, 0) is 23.6 Å². The Hall–Kier alpha value is -1.31. The summed E-state index contributed by atoms with van der Waals surface area (Å²) < 4.78 is 15.6. The van der Waals surface area contributed by atoms with E-state index in [1.54, 1.807) is 14.0 Å².